The average Bonchev–Trinajstić information content (AvgIpc) is 2.52. The zero-order chi connectivity index (χ0) is 10.7. The predicted molar refractivity (Wildman–Crippen MR) is 45.7 cm³/mol. The molecule has 0 fully saturated rings. The maximum absolute atomic E-state index is 10.5. The van der Waals surface area contributed by atoms with Gasteiger partial charge < -0.3 is 19.8 Å². The summed E-state index contributed by atoms with van der Waals surface area (Å²) in [6, 6.07) is 0. The number of hydrogen-bond donors (Lipinski definition) is 1. The highest BCUT2D eigenvalue weighted by atomic mass is 16.6. The first-order chi connectivity index (χ1) is 6.50. The Hall–Kier alpha value is -1.92. The summed E-state index contributed by atoms with van der Waals surface area (Å²) in [5.74, 6) is -1.81. The lowest BCUT2D eigenvalue weighted by Crippen LogP contribution is -2.15. The lowest BCUT2D eigenvalue weighted by molar-refractivity contribution is -0.389. The zero-order valence-corrected chi connectivity index (χ0v) is 7.45. The second-order valence-corrected chi connectivity index (χ2v) is 2.93. The summed E-state index contributed by atoms with van der Waals surface area (Å²) in [7, 11) is 0. The van der Waals surface area contributed by atoms with E-state index in [-0.39, 0.29) is 12.4 Å². The molecule has 1 unspecified atom stereocenters. The molecule has 0 aliphatic rings. The van der Waals surface area contributed by atoms with Crippen LogP contribution in [0.2, 0.25) is 0 Å². The van der Waals surface area contributed by atoms with E-state index >= 15 is 0 Å². The molecule has 0 aromatic carbocycles. The van der Waals surface area contributed by atoms with Gasteiger partial charge >= 0.3 is 11.8 Å². The minimum Gasteiger partial charge on any atom is -0.481 e. The van der Waals surface area contributed by atoms with Gasteiger partial charge in [0, 0.05) is 6.54 Å². The quantitative estimate of drug-likeness (QED) is 0.562. The molecule has 0 aliphatic heterocycles. The Balaban J connectivity index is 2.69. The smallest absolute Gasteiger partial charge is 0.381 e. The van der Waals surface area contributed by atoms with Gasteiger partial charge in [-0.15, -0.1) is 0 Å². The number of aliphatic carboxylic acids is 1. The molecule has 14 heavy (non-hydrogen) atoms. The van der Waals surface area contributed by atoms with Crippen LogP contribution in [-0.4, -0.2) is 25.6 Å². The van der Waals surface area contributed by atoms with Crippen molar-refractivity contribution in [2.24, 2.45) is 5.92 Å². The molecule has 7 heteroatoms. The lowest BCUT2D eigenvalue weighted by Gasteiger charge is -2.04. The molecule has 1 aromatic heterocycles. The van der Waals surface area contributed by atoms with E-state index in [1.54, 1.807) is 0 Å². The van der Waals surface area contributed by atoms with Crippen LogP contribution < -0.4 is 0 Å². The molecule has 76 valence electrons. The largest absolute Gasteiger partial charge is 0.481 e. The van der Waals surface area contributed by atoms with Gasteiger partial charge in [0.15, 0.2) is 0 Å². The number of carbonyl (C=O) groups is 1. The number of nitro groups is 1. The summed E-state index contributed by atoms with van der Waals surface area (Å²) in [5, 5.41) is 18.8. The number of nitrogens with zero attached hydrogens (tertiary/aromatic N) is 3. The van der Waals surface area contributed by atoms with Crippen LogP contribution in [0, 0.1) is 16.0 Å². The van der Waals surface area contributed by atoms with Crippen LogP contribution in [0.1, 0.15) is 6.92 Å². The van der Waals surface area contributed by atoms with Crippen molar-refractivity contribution < 1.29 is 14.8 Å². The molecule has 0 spiro atoms. The number of carboxylic acids is 1. The molecular weight excluding hydrogens is 190 g/mol. The summed E-state index contributed by atoms with van der Waals surface area (Å²) in [6.45, 7) is 1.70. The number of rotatable bonds is 4. The maximum Gasteiger partial charge on any atom is 0.381 e. The fraction of sp³-hybridized carbons (Fsp3) is 0.429. The number of imidazole rings is 1. The highest BCUT2D eigenvalue weighted by Gasteiger charge is 2.15. The molecule has 7 nitrogen and oxygen atoms in total. The standard InChI is InChI=1S/C7H9N3O4/c1-5(7(11)12)2-9-3-6(8-4-9)10(13)14/h3-5H,2H2,1H3,(H,11,12). The van der Waals surface area contributed by atoms with E-state index in [0.717, 1.165) is 0 Å². The molecule has 1 atom stereocenters. The van der Waals surface area contributed by atoms with Crippen LogP contribution in [0.3, 0.4) is 0 Å². The van der Waals surface area contributed by atoms with Crippen molar-refractivity contribution in [1.29, 1.82) is 0 Å². The molecule has 0 aliphatic carbocycles. The van der Waals surface area contributed by atoms with Gasteiger partial charge in [-0.1, -0.05) is 6.92 Å². The van der Waals surface area contributed by atoms with Crippen molar-refractivity contribution in [3.05, 3.63) is 22.6 Å². The molecule has 0 radical (unpaired) electrons. The Morgan fingerprint density at radius 3 is 2.93 bits per heavy atom. The SMILES string of the molecule is CC(Cn1cnc([N+](=O)[O-])c1)C(=O)O. The fourth-order valence-corrected chi connectivity index (χ4v) is 0.937. The van der Waals surface area contributed by atoms with E-state index in [9.17, 15) is 14.9 Å². The van der Waals surface area contributed by atoms with Gasteiger partial charge in [0.25, 0.3) is 0 Å². The van der Waals surface area contributed by atoms with Crippen LogP contribution in [0.4, 0.5) is 5.82 Å². The molecule has 1 rings (SSSR count). The second-order valence-electron chi connectivity index (χ2n) is 2.93. The summed E-state index contributed by atoms with van der Waals surface area (Å²) in [5.41, 5.74) is 0. The van der Waals surface area contributed by atoms with Gasteiger partial charge in [0.1, 0.15) is 6.20 Å². The molecule has 1 N–H and O–H groups in total. The highest BCUT2D eigenvalue weighted by Crippen LogP contribution is 2.08. The molecular formula is C7H9N3O4. The third-order valence-electron chi connectivity index (χ3n) is 1.71. The van der Waals surface area contributed by atoms with Crippen molar-refractivity contribution in [2.75, 3.05) is 0 Å². The van der Waals surface area contributed by atoms with Crippen LogP contribution in [0.25, 0.3) is 0 Å². The summed E-state index contributed by atoms with van der Waals surface area (Å²) in [4.78, 5) is 23.6. The third kappa shape index (κ3) is 2.28. The Morgan fingerprint density at radius 2 is 2.50 bits per heavy atom. The van der Waals surface area contributed by atoms with Crippen molar-refractivity contribution in [1.82, 2.24) is 9.55 Å². The molecule has 0 amide bonds. The van der Waals surface area contributed by atoms with E-state index in [1.807, 2.05) is 0 Å². The van der Waals surface area contributed by atoms with Gasteiger partial charge in [0.2, 0.25) is 6.33 Å². The van der Waals surface area contributed by atoms with Crippen molar-refractivity contribution in [3.63, 3.8) is 0 Å². The van der Waals surface area contributed by atoms with E-state index in [1.165, 1.54) is 24.0 Å². The molecule has 0 bridgehead atoms. The molecule has 1 heterocycles. The van der Waals surface area contributed by atoms with Crippen LogP contribution in [-0.2, 0) is 11.3 Å². The summed E-state index contributed by atoms with van der Waals surface area (Å²) < 4.78 is 1.39. The van der Waals surface area contributed by atoms with Crippen LogP contribution >= 0.6 is 0 Å². The fourth-order valence-electron chi connectivity index (χ4n) is 0.937. The molecule has 0 saturated heterocycles. The van der Waals surface area contributed by atoms with Gasteiger partial charge in [-0.3, -0.25) is 4.79 Å². The normalized spacial score (nSPS) is 12.4. The predicted octanol–water partition coefficient (Wildman–Crippen LogP) is 0.512. The number of hydrogen-bond acceptors (Lipinski definition) is 4. The number of carboxylic acid groups (broad SMARTS) is 1. The third-order valence-corrected chi connectivity index (χ3v) is 1.71. The van der Waals surface area contributed by atoms with Crippen LogP contribution in [0.5, 0.6) is 0 Å². The molecule has 0 saturated carbocycles. The van der Waals surface area contributed by atoms with Crippen molar-refractivity contribution in [3.8, 4) is 0 Å². The summed E-state index contributed by atoms with van der Waals surface area (Å²) >= 11 is 0. The first-order valence-corrected chi connectivity index (χ1v) is 3.89. The Labute approximate surface area is 79.1 Å². The van der Waals surface area contributed by atoms with E-state index < -0.39 is 16.8 Å². The van der Waals surface area contributed by atoms with Gasteiger partial charge in [-0.2, -0.15) is 0 Å². The van der Waals surface area contributed by atoms with Gasteiger partial charge in [-0.25, -0.2) is 0 Å². The first-order valence-electron chi connectivity index (χ1n) is 3.89. The Morgan fingerprint density at radius 1 is 1.86 bits per heavy atom. The van der Waals surface area contributed by atoms with Crippen molar-refractivity contribution in [2.45, 2.75) is 13.5 Å². The zero-order valence-electron chi connectivity index (χ0n) is 7.45. The topological polar surface area (TPSA) is 98.3 Å². The first kappa shape index (κ1) is 10.2. The van der Waals surface area contributed by atoms with Crippen molar-refractivity contribution >= 4 is 11.8 Å². The average molecular weight is 199 g/mol. The van der Waals surface area contributed by atoms with Crippen LogP contribution in [0.15, 0.2) is 12.5 Å². The Bertz CT molecular complexity index is 360. The number of aromatic nitrogens is 2. The minimum absolute atomic E-state index is 0.177. The van der Waals surface area contributed by atoms with Gasteiger partial charge in [0.05, 0.1) is 5.92 Å². The monoisotopic (exact) mass is 199 g/mol. The summed E-state index contributed by atoms with van der Waals surface area (Å²) in [6.07, 6.45) is 2.46. The second kappa shape index (κ2) is 3.86. The minimum atomic E-state index is -0.943. The highest BCUT2D eigenvalue weighted by molar-refractivity contribution is 5.69. The van der Waals surface area contributed by atoms with E-state index in [2.05, 4.69) is 4.98 Å². The Kier molecular flexibility index (Phi) is 2.80. The van der Waals surface area contributed by atoms with E-state index in [4.69, 9.17) is 5.11 Å². The molecule has 1 aromatic rings. The lowest BCUT2D eigenvalue weighted by atomic mass is 10.2. The van der Waals surface area contributed by atoms with E-state index in [0.29, 0.717) is 0 Å². The van der Waals surface area contributed by atoms with Gasteiger partial charge in [-0.05, 0) is 9.91 Å². The maximum atomic E-state index is 10.5.